The summed E-state index contributed by atoms with van der Waals surface area (Å²) in [5.74, 6) is 1.38. The Hall–Kier alpha value is -2.09. The van der Waals surface area contributed by atoms with Gasteiger partial charge in [-0.2, -0.15) is 5.26 Å². The highest BCUT2D eigenvalue weighted by Gasteiger charge is 2.30. The molecule has 1 aliphatic carbocycles. The predicted octanol–water partition coefficient (Wildman–Crippen LogP) is 3.35. The SMILES string of the molecule is CN(C(=O)C1CCN(c2ccc(C#N)cn2)CC1)C1CCCCCC1. The third-order valence-corrected chi connectivity index (χ3v) is 5.77. The molecule has 0 atom stereocenters. The second kappa shape index (κ2) is 8.33. The standard InChI is InChI=1S/C20H28N4O/c1-23(18-6-4-2-3-5-7-18)20(25)17-10-12-24(13-11-17)19-9-8-16(14-21)15-22-19/h8-9,15,17-18H,2-7,10-13H2,1H3. The van der Waals surface area contributed by atoms with Crippen LogP contribution in [-0.4, -0.2) is 42.0 Å². The van der Waals surface area contributed by atoms with E-state index < -0.39 is 0 Å². The minimum Gasteiger partial charge on any atom is -0.357 e. The lowest BCUT2D eigenvalue weighted by molar-refractivity contribution is -0.137. The molecule has 0 bridgehead atoms. The summed E-state index contributed by atoms with van der Waals surface area (Å²) in [5, 5.41) is 8.87. The van der Waals surface area contributed by atoms with Crippen molar-refractivity contribution in [3.63, 3.8) is 0 Å². The topological polar surface area (TPSA) is 60.2 Å². The van der Waals surface area contributed by atoms with Crippen LogP contribution in [0.5, 0.6) is 0 Å². The highest BCUT2D eigenvalue weighted by molar-refractivity contribution is 5.79. The normalized spacial score (nSPS) is 19.9. The number of nitrogens with zero attached hydrogens (tertiary/aromatic N) is 4. The van der Waals surface area contributed by atoms with Crippen molar-refractivity contribution < 1.29 is 4.79 Å². The van der Waals surface area contributed by atoms with E-state index in [2.05, 4.69) is 16.0 Å². The van der Waals surface area contributed by atoms with Crippen molar-refractivity contribution in [2.45, 2.75) is 57.4 Å². The van der Waals surface area contributed by atoms with Crippen molar-refractivity contribution >= 4 is 11.7 Å². The van der Waals surface area contributed by atoms with Gasteiger partial charge in [0.05, 0.1) is 5.56 Å². The van der Waals surface area contributed by atoms with Crippen LogP contribution in [0.15, 0.2) is 18.3 Å². The van der Waals surface area contributed by atoms with Crippen LogP contribution in [0, 0.1) is 17.2 Å². The molecule has 1 aromatic heterocycles. The second-order valence-electron chi connectivity index (χ2n) is 7.37. The van der Waals surface area contributed by atoms with Crippen molar-refractivity contribution in [1.82, 2.24) is 9.88 Å². The van der Waals surface area contributed by atoms with E-state index in [4.69, 9.17) is 5.26 Å². The van der Waals surface area contributed by atoms with Gasteiger partial charge in [-0.05, 0) is 37.8 Å². The summed E-state index contributed by atoms with van der Waals surface area (Å²) in [6.45, 7) is 1.71. The molecule has 0 spiro atoms. The first-order valence-corrected chi connectivity index (χ1v) is 9.57. The molecule has 3 rings (SSSR count). The first-order valence-electron chi connectivity index (χ1n) is 9.57. The minimum absolute atomic E-state index is 0.142. The van der Waals surface area contributed by atoms with E-state index >= 15 is 0 Å². The van der Waals surface area contributed by atoms with Crippen LogP contribution in [0.2, 0.25) is 0 Å². The zero-order valence-corrected chi connectivity index (χ0v) is 15.2. The van der Waals surface area contributed by atoms with E-state index in [9.17, 15) is 4.79 Å². The summed E-state index contributed by atoms with van der Waals surface area (Å²) in [5.41, 5.74) is 0.582. The Balaban J connectivity index is 1.53. The molecule has 1 aliphatic heterocycles. The van der Waals surface area contributed by atoms with Crippen LogP contribution in [0.3, 0.4) is 0 Å². The van der Waals surface area contributed by atoms with Gasteiger partial charge >= 0.3 is 0 Å². The van der Waals surface area contributed by atoms with Crippen LogP contribution < -0.4 is 4.90 Å². The number of carbonyl (C=O) groups excluding carboxylic acids is 1. The van der Waals surface area contributed by atoms with Gasteiger partial charge in [0.1, 0.15) is 11.9 Å². The third-order valence-electron chi connectivity index (χ3n) is 5.77. The number of rotatable bonds is 3. The van der Waals surface area contributed by atoms with E-state index in [1.165, 1.54) is 25.7 Å². The predicted molar refractivity (Wildman–Crippen MR) is 98.1 cm³/mol. The lowest BCUT2D eigenvalue weighted by Crippen LogP contribution is -2.45. The molecule has 0 N–H and O–H groups in total. The Kier molecular flexibility index (Phi) is 5.91. The van der Waals surface area contributed by atoms with Crippen LogP contribution in [0.4, 0.5) is 5.82 Å². The van der Waals surface area contributed by atoms with Gasteiger partial charge in [0.2, 0.25) is 5.91 Å². The molecule has 0 aromatic carbocycles. The average Bonchev–Trinajstić information content (AvgIpc) is 2.96. The summed E-state index contributed by atoms with van der Waals surface area (Å²) < 4.78 is 0. The molecule has 2 heterocycles. The fourth-order valence-corrected chi connectivity index (χ4v) is 4.11. The van der Waals surface area contributed by atoms with E-state index in [0.29, 0.717) is 17.5 Å². The molecule has 5 heteroatoms. The van der Waals surface area contributed by atoms with Gasteiger partial charge in [-0.15, -0.1) is 0 Å². The molecule has 1 aromatic rings. The van der Waals surface area contributed by atoms with Crippen molar-refractivity contribution in [1.29, 1.82) is 5.26 Å². The number of aromatic nitrogens is 1. The van der Waals surface area contributed by atoms with Gasteiger partial charge < -0.3 is 9.80 Å². The number of piperidine rings is 1. The van der Waals surface area contributed by atoms with Gasteiger partial charge in [0.15, 0.2) is 0 Å². The first-order chi connectivity index (χ1) is 12.2. The number of hydrogen-bond acceptors (Lipinski definition) is 4. The maximum absolute atomic E-state index is 12.9. The molecule has 2 aliphatic rings. The van der Waals surface area contributed by atoms with Crippen molar-refractivity contribution in [3.8, 4) is 6.07 Å². The Morgan fingerprint density at radius 3 is 2.40 bits per heavy atom. The molecule has 2 fully saturated rings. The van der Waals surface area contributed by atoms with Crippen LogP contribution >= 0.6 is 0 Å². The van der Waals surface area contributed by atoms with Gasteiger partial charge in [0.25, 0.3) is 0 Å². The van der Waals surface area contributed by atoms with Crippen molar-refractivity contribution in [3.05, 3.63) is 23.9 Å². The maximum Gasteiger partial charge on any atom is 0.225 e. The lowest BCUT2D eigenvalue weighted by atomic mass is 9.94. The second-order valence-corrected chi connectivity index (χ2v) is 7.37. The minimum atomic E-state index is 0.142. The summed E-state index contributed by atoms with van der Waals surface area (Å²) >= 11 is 0. The molecule has 25 heavy (non-hydrogen) atoms. The van der Waals surface area contributed by atoms with Gasteiger partial charge in [0, 0.05) is 38.3 Å². The largest absolute Gasteiger partial charge is 0.357 e. The van der Waals surface area contributed by atoms with Crippen molar-refractivity contribution in [2.75, 3.05) is 25.0 Å². The molecule has 1 amide bonds. The summed E-state index contributed by atoms with van der Waals surface area (Å²) in [6.07, 6.45) is 10.9. The number of pyridine rings is 1. The van der Waals surface area contributed by atoms with Gasteiger partial charge in [-0.3, -0.25) is 4.79 Å². The van der Waals surface area contributed by atoms with E-state index in [0.717, 1.165) is 44.6 Å². The zero-order chi connectivity index (χ0) is 17.6. The Morgan fingerprint density at radius 2 is 1.84 bits per heavy atom. The fraction of sp³-hybridized carbons (Fsp3) is 0.650. The zero-order valence-electron chi connectivity index (χ0n) is 15.2. The fourth-order valence-electron chi connectivity index (χ4n) is 4.11. The summed E-state index contributed by atoms with van der Waals surface area (Å²) in [6, 6.07) is 6.24. The number of anilines is 1. The van der Waals surface area contributed by atoms with E-state index in [-0.39, 0.29) is 5.92 Å². The number of carbonyl (C=O) groups is 1. The molecular formula is C20H28N4O. The quantitative estimate of drug-likeness (QED) is 0.792. The summed E-state index contributed by atoms with van der Waals surface area (Å²) in [7, 11) is 2.01. The Morgan fingerprint density at radius 1 is 1.16 bits per heavy atom. The van der Waals surface area contributed by atoms with E-state index in [1.54, 1.807) is 12.3 Å². The average molecular weight is 340 g/mol. The number of nitriles is 1. The monoisotopic (exact) mass is 340 g/mol. The highest BCUT2D eigenvalue weighted by atomic mass is 16.2. The lowest BCUT2D eigenvalue weighted by Gasteiger charge is -2.36. The third kappa shape index (κ3) is 4.31. The molecule has 0 unspecified atom stereocenters. The van der Waals surface area contributed by atoms with Crippen LogP contribution in [0.1, 0.15) is 56.9 Å². The molecule has 5 nitrogen and oxygen atoms in total. The highest BCUT2D eigenvalue weighted by Crippen LogP contribution is 2.27. The van der Waals surface area contributed by atoms with Crippen LogP contribution in [0.25, 0.3) is 0 Å². The van der Waals surface area contributed by atoms with E-state index in [1.807, 2.05) is 18.0 Å². The maximum atomic E-state index is 12.9. The Bertz CT molecular complexity index is 606. The molecule has 134 valence electrons. The first kappa shape index (κ1) is 17.7. The molecular weight excluding hydrogens is 312 g/mol. The smallest absolute Gasteiger partial charge is 0.225 e. The number of hydrogen-bond donors (Lipinski definition) is 0. The molecule has 1 saturated heterocycles. The Labute approximate surface area is 150 Å². The number of amides is 1. The van der Waals surface area contributed by atoms with Gasteiger partial charge in [-0.1, -0.05) is 25.7 Å². The molecule has 1 saturated carbocycles. The van der Waals surface area contributed by atoms with Crippen molar-refractivity contribution in [2.24, 2.45) is 5.92 Å². The van der Waals surface area contributed by atoms with Crippen LogP contribution in [-0.2, 0) is 4.79 Å². The molecule has 0 radical (unpaired) electrons. The van der Waals surface area contributed by atoms with Gasteiger partial charge in [-0.25, -0.2) is 4.98 Å². The summed E-state index contributed by atoms with van der Waals surface area (Å²) in [4.78, 5) is 21.5.